The van der Waals surface area contributed by atoms with Gasteiger partial charge in [0, 0.05) is 11.6 Å². The fraction of sp³-hybridized carbons (Fsp3) is 0.111. The van der Waals surface area contributed by atoms with Gasteiger partial charge in [-0.3, -0.25) is 4.79 Å². The monoisotopic (exact) mass is 314 g/mol. The van der Waals surface area contributed by atoms with Crippen molar-refractivity contribution in [3.8, 4) is 5.75 Å². The van der Waals surface area contributed by atoms with E-state index >= 15 is 0 Å². The number of ether oxygens (including phenoxy) is 2. The molecule has 2 aromatic carbocycles. The van der Waals surface area contributed by atoms with Gasteiger partial charge in [-0.05, 0) is 35.9 Å². The Morgan fingerprint density at radius 1 is 1.13 bits per heavy atom. The first kappa shape index (κ1) is 16.4. The van der Waals surface area contributed by atoms with Crippen molar-refractivity contribution in [3.05, 3.63) is 71.6 Å². The van der Waals surface area contributed by atoms with E-state index in [-0.39, 0.29) is 5.56 Å². The van der Waals surface area contributed by atoms with E-state index in [1.54, 1.807) is 37.5 Å². The van der Waals surface area contributed by atoms with Crippen LogP contribution < -0.4 is 4.74 Å². The molecule has 0 radical (unpaired) electrons. The first-order valence-electron chi connectivity index (χ1n) is 6.86. The van der Waals surface area contributed by atoms with Gasteiger partial charge >= 0.3 is 5.97 Å². The van der Waals surface area contributed by atoms with E-state index in [1.165, 1.54) is 24.3 Å². The first-order valence-corrected chi connectivity index (χ1v) is 6.86. The number of carbonyl (C=O) groups excluding carboxylic acids is 2. The summed E-state index contributed by atoms with van der Waals surface area (Å²) in [7, 11) is 1.57. The number of rotatable bonds is 6. The van der Waals surface area contributed by atoms with E-state index in [4.69, 9.17) is 9.47 Å². The molecule has 2 rings (SSSR count). The predicted molar refractivity (Wildman–Crippen MR) is 83.7 cm³/mol. The van der Waals surface area contributed by atoms with E-state index in [1.807, 2.05) is 0 Å². The minimum Gasteiger partial charge on any atom is -0.497 e. The lowest BCUT2D eigenvalue weighted by molar-refractivity contribution is -0.136. The van der Waals surface area contributed by atoms with Gasteiger partial charge in [-0.2, -0.15) is 0 Å². The summed E-state index contributed by atoms with van der Waals surface area (Å²) >= 11 is 0. The van der Waals surface area contributed by atoms with E-state index in [0.717, 1.165) is 11.6 Å². The predicted octanol–water partition coefficient (Wildman–Crippen LogP) is 3.27. The van der Waals surface area contributed by atoms with E-state index < -0.39 is 24.2 Å². The highest BCUT2D eigenvalue weighted by molar-refractivity contribution is 5.98. The molecular weight excluding hydrogens is 299 g/mol. The van der Waals surface area contributed by atoms with Gasteiger partial charge in [0.1, 0.15) is 11.6 Å². The molecule has 118 valence electrons. The molecule has 0 aliphatic rings. The molecule has 0 aromatic heterocycles. The summed E-state index contributed by atoms with van der Waals surface area (Å²) in [5.74, 6) is -0.909. The van der Waals surface area contributed by atoms with Gasteiger partial charge < -0.3 is 9.47 Å². The van der Waals surface area contributed by atoms with Crippen molar-refractivity contribution >= 4 is 17.8 Å². The minimum atomic E-state index is -0.648. The van der Waals surface area contributed by atoms with Crippen LogP contribution in [0.3, 0.4) is 0 Å². The van der Waals surface area contributed by atoms with Crippen molar-refractivity contribution in [2.45, 2.75) is 0 Å². The molecule has 0 heterocycles. The highest BCUT2D eigenvalue weighted by atomic mass is 19.1. The molecule has 4 nitrogen and oxygen atoms in total. The van der Waals surface area contributed by atoms with Crippen molar-refractivity contribution in [2.24, 2.45) is 0 Å². The molecule has 0 fully saturated rings. The number of benzene rings is 2. The summed E-state index contributed by atoms with van der Waals surface area (Å²) in [4.78, 5) is 23.3. The largest absolute Gasteiger partial charge is 0.497 e. The molecule has 0 amide bonds. The molecule has 0 saturated heterocycles. The summed E-state index contributed by atoms with van der Waals surface area (Å²) in [6, 6.07) is 12.3. The Hall–Kier alpha value is -2.95. The smallest absolute Gasteiger partial charge is 0.331 e. The van der Waals surface area contributed by atoms with Crippen LogP contribution in [0.2, 0.25) is 0 Å². The molecule has 0 aliphatic heterocycles. The zero-order chi connectivity index (χ0) is 16.7. The molecule has 2 aromatic rings. The highest BCUT2D eigenvalue weighted by Crippen LogP contribution is 2.12. The lowest BCUT2D eigenvalue weighted by atomic mass is 10.1. The third kappa shape index (κ3) is 5.07. The number of ketones is 1. The van der Waals surface area contributed by atoms with E-state index in [2.05, 4.69) is 0 Å². The molecular formula is C18H15FO4. The van der Waals surface area contributed by atoms with Gasteiger partial charge in [-0.15, -0.1) is 0 Å². The summed E-state index contributed by atoms with van der Waals surface area (Å²) < 4.78 is 22.9. The van der Waals surface area contributed by atoms with Crippen LogP contribution in [-0.2, 0) is 9.53 Å². The maximum absolute atomic E-state index is 13.0. The lowest BCUT2D eigenvalue weighted by Gasteiger charge is -2.02. The van der Waals surface area contributed by atoms with Crippen molar-refractivity contribution in [1.82, 2.24) is 0 Å². The highest BCUT2D eigenvalue weighted by Gasteiger charge is 2.09. The molecule has 0 bridgehead atoms. The van der Waals surface area contributed by atoms with Gasteiger partial charge in [0.25, 0.3) is 0 Å². The topological polar surface area (TPSA) is 52.6 Å². The Morgan fingerprint density at radius 2 is 1.87 bits per heavy atom. The molecule has 0 spiro atoms. The zero-order valence-electron chi connectivity index (χ0n) is 12.5. The second-order valence-corrected chi connectivity index (χ2v) is 4.65. The number of methoxy groups -OCH3 is 1. The van der Waals surface area contributed by atoms with E-state index in [9.17, 15) is 14.0 Å². The van der Waals surface area contributed by atoms with Crippen LogP contribution >= 0.6 is 0 Å². The first-order chi connectivity index (χ1) is 11.1. The average Bonchev–Trinajstić information content (AvgIpc) is 2.58. The second kappa shape index (κ2) is 7.89. The van der Waals surface area contributed by atoms with Gasteiger partial charge in [0.05, 0.1) is 7.11 Å². The van der Waals surface area contributed by atoms with Gasteiger partial charge in [0.15, 0.2) is 12.4 Å². The summed E-state index contributed by atoms with van der Waals surface area (Å²) in [6.45, 7) is -0.435. The standard InChI is InChI=1S/C18H15FO4/c1-22-16-8-5-13(6-9-16)7-10-18(21)23-12-17(20)14-3-2-4-15(19)11-14/h2-11H,12H2,1H3/b10-7+. The van der Waals surface area contributed by atoms with Gasteiger partial charge in [-0.1, -0.05) is 24.3 Å². The van der Waals surface area contributed by atoms with Crippen LogP contribution in [0, 0.1) is 5.82 Å². The SMILES string of the molecule is COc1ccc(/C=C/C(=O)OCC(=O)c2cccc(F)c2)cc1. The van der Waals surface area contributed by atoms with E-state index in [0.29, 0.717) is 5.75 Å². The van der Waals surface area contributed by atoms with Gasteiger partial charge in [0.2, 0.25) is 0 Å². The zero-order valence-corrected chi connectivity index (χ0v) is 12.5. The van der Waals surface area contributed by atoms with Crippen molar-refractivity contribution < 1.29 is 23.5 Å². The quantitative estimate of drug-likeness (QED) is 0.466. The summed E-state index contributed by atoms with van der Waals surface area (Å²) in [5, 5.41) is 0. The minimum absolute atomic E-state index is 0.164. The third-order valence-electron chi connectivity index (χ3n) is 3.02. The number of Topliss-reactive ketones (excluding diaryl/α,β-unsaturated/α-hetero) is 1. The fourth-order valence-electron chi connectivity index (χ4n) is 1.81. The lowest BCUT2D eigenvalue weighted by Crippen LogP contribution is -2.12. The molecule has 23 heavy (non-hydrogen) atoms. The average molecular weight is 314 g/mol. The Morgan fingerprint density at radius 3 is 2.52 bits per heavy atom. The van der Waals surface area contributed by atoms with Crippen molar-refractivity contribution in [2.75, 3.05) is 13.7 Å². The van der Waals surface area contributed by atoms with Crippen LogP contribution in [0.4, 0.5) is 4.39 Å². The molecule has 0 unspecified atom stereocenters. The molecule has 0 saturated carbocycles. The second-order valence-electron chi connectivity index (χ2n) is 4.65. The Kier molecular flexibility index (Phi) is 5.63. The van der Waals surface area contributed by atoms with Crippen LogP contribution in [0.5, 0.6) is 5.75 Å². The molecule has 5 heteroatoms. The summed E-state index contributed by atoms with van der Waals surface area (Å²) in [5.41, 5.74) is 0.955. The maximum atomic E-state index is 13.0. The Balaban J connectivity index is 1.86. The van der Waals surface area contributed by atoms with Gasteiger partial charge in [-0.25, -0.2) is 9.18 Å². The molecule has 0 atom stereocenters. The van der Waals surface area contributed by atoms with Crippen molar-refractivity contribution in [3.63, 3.8) is 0 Å². The van der Waals surface area contributed by atoms with Crippen molar-refractivity contribution in [1.29, 1.82) is 0 Å². The Bertz CT molecular complexity index is 720. The van der Waals surface area contributed by atoms with Crippen LogP contribution in [0.15, 0.2) is 54.6 Å². The number of hydrogen-bond donors (Lipinski definition) is 0. The number of carbonyl (C=O) groups is 2. The molecule has 0 N–H and O–H groups in total. The maximum Gasteiger partial charge on any atom is 0.331 e. The number of halogens is 1. The Labute approximate surface area is 133 Å². The molecule has 0 aliphatic carbocycles. The normalized spacial score (nSPS) is 10.5. The van der Waals surface area contributed by atoms with Crippen LogP contribution in [0.25, 0.3) is 6.08 Å². The fourth-order valence-corrected chi connectivity index (χ4v) is 1.81. The third-order valence-corrected chi connectivity index (χ3v) is 3.02. The summed E-state index contributed by atoms with van der Waals surface area (Å²) in [6.07, 6.45) is 2.79. The number of hydrogen-bond acceptors (Lipinski definition) is 4. The van der Waals surface area contributed by atoms with Crippen LogP contribution in [-0.4, -0.2) is 25.5 Å². The number of esters is 1. The van der Waals surface area contributed by atoms with Crippen LogP contribution in [0.1, 0.15) is 15.9 Å².